The second kappa shape index (κ2) is 6.88. The van der Waals surface area contributed by atoms with E-state index in [-0.39, 0.29) is 11.3 Å². The van der Waals surface area contributed by atoms with Crippen LogP contribution in [0.1, 0.15) is 12.0 Å². The van der Waals surface area contributed by atoms with Gasteiger partial charge < -0.3 is 4.90 Å². The molecule has 1 amide bonds. The third-order valence-corrected chi connectivity index (χ3v) is 6.61. The molecule has 2 aliphatic heterocycles. The molecule has 4 heteroatoms. The summed E-state index contributed by atoms with van der Waals surface area (Å²) in [6.45, 7) is 0. The van der Waals surface area contributed by atoms with Gasteiger partial charge >= 0.3 is 0 Å². The maximum absolute atomic E-state index is 13.1. The molecule has 0 N–H and O–H groups in total. The molecule has 0 saturated heterocycles. The van der Waals surface area contributed by atoms with Crippen LogP contribution in [0.15, 0.2) is 89.8 Å². The zero-order valence-corrected chi connectivity index (χ0v) is 16.4. The van der Waals surface area contributed by atoms with Crippen molar-refractivity contribution in [2.75, 3.05) is 16.8 Å². The molecule has 0 spiro atoms. The molecular formula is C24H20N2OS. The fourth-order valence-corrected chi connectivity index (χ4v) is 5.19. The Morgan fingerprint density at radius 2 is 1.57 bits per heavy atom. The largest absolute Gasteiger partial charge is 0.358 e. The molecule has 2 aliphatic rings. The van der Waals surface area contributed by atoms with Crippen LogP contribution in [-0.4, -0.2) is 18.3 Å². The van der Waals surface area contributed by atoms with Gasteiger partial charge in [-0.05, 0) is 42.0 Å². The molecule has 0 fully saturated rings. The summed E-state index contributed by atoms with van der Waals surface area (Å²) in [5, 5.41) is 0.191. The van der Waals surface area contributed by atoms with Crippen molar-refractivity contribution in [3.05, 3.63) is 90.5 Å². The molecule has 2 heterocycles. The summed E-state index contributed by atoms with van der Waals surface area (Å²) in [4.78, 5) is 18.5. The van der Waals surface area contributed by atoms with E-state index in [0.29, 0.717) is 6.42 Å². The van der Waals surface area contributed by atoms with Gasteiger partial charge in [0.05, 0.1) is 23.2 Å². The van der Waals surface area contributed by atoms with Gasteiger partial charge in [-0.2, -0.15) is 0 Å². The summed E-state index contributed by atoms with van der Waals surface area (Å²) in [6, 6.07) is 26.5. The van der Waals surface area contributed by atoms with E-state index in [2.05, 4.69) is 48.4 Å². The van der Waals surface area contributed by atoms with E-state index in [1.807, 2.05) is 65.2 Å². The van der Waals surface area contributed by atoms with E-state index in [4.69, 9.17) is 0 Å². The molecule has 0 aromatic heterocycles. The predicted molar refractivity (Wildman–Crippen MR) is 117 cm³/mol. The summed E-state index contributed by atoms with van der Waals surface area (Å²) in [5.74, 6) is 0.110. The molecule has 3 aromatic rings. The van der Waals surface area contributed by atoms with E-state index < -0.39 is 0 Å². The number of hydrogen-bond donors (Lipinski definition) is 0. The molecule has 0 radical (unpaired) electrons. The van der Waals surface area contributed by atoms with Crippen LogP contribution in [0.2, 0.25) is 0 Å². The van der Waals surface area contributed by atoms with Crippen molar-refractivity contribution in [3.8, 4) is 0 Å². The van der Waals surface area contributed by atoms with Crippen LogP contribution in [0.5, 0.6) is 0 Å². The third-order valence-electron chi connectivity index (χ3n) is 5.31. The number of nitrogens with zero attached hydrogens (tertiary/aromatic N) is 2. The highest BCUT2D eigenvalue weighted by molar-refractivity contribution is 8.00. The summed E-state index contributed by atoms with van der Waals surface area (Å²) in [6.07, 6.45) is 2.66. The molecular weight excluding hydrogens is 364 g/mol. The number of carbonyl (C=O) groups is 1. The Kier molecular flexibility index (Phi) is 4.21. The molecule has 28 heavy (non-hydrogen) atoms. The highest BCUT2D eigenvalue weighted by atomic mass is 32.2. The molecule has 3 nitrogen and oxygen atoms in total. The van der Waals surface area contributed by atoms with Gasteiger partial charge in [0.25, 0.3) is 0 Å². The van der Waals surface area contributed by atoms with Gasteiger partial charge in [-0.15, -0.1) is 0 Å². The number of anilines is 3. The van der Waals surface area contributed by atoms with Gasteiger partial charge in [0.15, 0.2) is 0 Å². The quantitative estimate of drug-likeness (QED) is 0.566. The number of para-hydroxylation sites is 3. The predicted octanol–water partition coefficient (Wildman–Crippen LogP) is 5.71. The Balaban J connectivity index is 1.55. The summed E-state index contributed by atoms with van der Waals surface area (Å²) >= 11 is 1.84. The van der Waals surface area contributed by atoms with Crippen molar-refractivity contribution in [3.63, 3.8) is 0 Å². The number of thioether (sulfide) groups is 1. The first-order valence-corrected chi connectivity index (χ1v) is 10.3. The van der Waals surface area contributed by atoms with Crippen LogP contribution in [0.3, 0.4) is 0 Å². The standard InChI is InChI=1S/C24H20N2OS/c1-25-21-13-7-8-14-22(21)28-24(25)16-17-15-23(27)26(18-9-3-2-4-10-18)20-12-6-5-11-19(17)20/h2-14,16,24H,15H2,1H3. The lowest BCUT2D eigenvalue weighted by Gasteiger charge is -2.31. The smallest absolute Gasteiger partial charge is 0.235 e. The average molecular weight is 385 g/mol. The third kappa shape index (κ3) is 2.81. The van der Waals surface area contributed by atoms with Crippen molar-refractivity contribution in [1.82, 2.24) is 0 Å². The van der Waals surface area contributed by atoms with E-state index in [9.17, 15) is 4.79 Å². The van der Waals surface area contributed by atoms with Crippen LogP contribution in [0.25, 0.3) is 5.57 Å². The summed E-state index contributed by atoms with van der Waals surface area (Å²) in [5.41, 5.74) is 5.36. The van der Waals surface area contributed by atoms with Crippen LogP contribution in [-0.2, 0) is 4.79 Å². The minimum Gasteiger partial charge on any atom is -0.358 e. The van der Waals surface area contributed by atoms with Gasteiger partial charge in [-0.25, -0.2) is 0 Å². The second-order valence-electron chi connectivity index (χ2n) is 7.04. The lowest BCUT2D eigenvalue weighted by Crippen LogP contribution is -2.31. The molecule has 0 aliphatic carbocycles. The SMILES string of the molecule is CN1c2ccccc2SC1C=C1CC(=O)N(c2ccccc2)c2ccccc21. The Hall–Kier alpha value is -2.98. The number of fused-ring (bicyclic) bond motifs is 2. The number of carbonyl (C=O) groups excluding carboxylic acids is 1. The minimum atomic E-state index is 0.110. The van der Waals surface area contributed by atoms with Crippen molar-refractivity contribution >= 4 is 40.3 Å². The van der Waals surface area contributed by atoms with E-state index in [1.165, 1.54) is 10.6 Å². The lowest BCUT2D eigenvalue weighted by molar-refractivity contribution is -0.117. The minimum absolute atomic E-state index is 0.110. The Morgan fingerprint density at radius 3 is 2.36 bits per heavy atom. The first-order valence-electron chi connectivity index (χ1n) is 9.39. The number of benzene rings is 3. The molecule has 1 unspecified atom stereocenters. The van der Waals surface area contributed by atoms with Crippen LogP contribution in [0.4, 0.5) is 17.1 Å². The van der Waals surface area contributed by atoms with Gasteiger partial charge in [-0.3, -0.25) is 9.69 Å². The van der Waals surface area contributed by atoms with Gasteiger partial charge in [0.1, 0.15) is 0 Å². The summed E-state index contributed by atoms with van der Waals surface area (Å²) < 4.78 is 0. The molecule has 0 bridgehead atoms. The Morgan fingerprint density at radius 1 is 0.893 bits per heavy atom. The van der Waals surface area contributed by atoms with E-state index in [0.717, 1.165) is 22.5 Å². The molecule has 3 aromatic carbocycles. The summed E-state index contributed by atoms with van der Waals surface area (Å²) in [7, 11) is 2.12. The zero-order valence-electron chi connectivity index (χ0n) is 15.6. The van der Waals surface area contributed by atoms with Gasteiger partial charge in [0.2, 0.25) is 5.91 Å². The zero-order chi connectivity index (χ0) is 19.1. The first kappa shape index (κ1) is 17.1. The number of amides is 1. The number of rotatable bonds is 2. The molecule has 0 saturated carbocycles. The van der Waals surface area contributed by atoms with Crippen LogP contribution >= 0.6 is 11.8 Å². The topological polar surface area (TPSA) is 23.6 Å². The number of likely N-dealkylation sites (N-methyl/N-ethyl adjacent to an activating group) is 1. The van der Waals surface area contributed by atoms with E-state index >= 15 is 0 Å². The van der Waals surface area contributed by atoms with E-state index in [1.54, 1.807) is 0 Å². The molecule has 1 atom stereocenters. The van der Waals surface area contributed by atoms with Gasteiger partial charge in [-0.1, -0.05) is 60.3 Å². The monoisotopic (exact) mass is 384 g/mol. The molecule has 138 valence electrons. The highest BCUT2D eigenvalue weighted by Gasteiger charge is 2.31. The van der Waals surface area contributed by atoms with Crippen molar-refractivity contribution in [2.24, 2.45) is 0 Å². The Labute approximate surface area is 169 Å². The van der Waals surface area contributed by atoms with Crippen LogP contribution in [0, 0.1) is 0 Å². The van der Waals surface area contributed by atoms with Crippen molar-refractivity contribution in [1.29, 1.82) is 0 Å². The van der Waals surface area contributed by atoms with Crippen LogP contribution < -0.4 is 9.80 Å². The first-order chi connectivity index (χ1) is 13.7. The second-order valence-corrected chi connectivity index (χ2v) is 8.20. The number of hydrogen-bond acceptors (Lipinski definition) is 3. The highest BCUT2D eigenvalue weighted by Crippen LogP contribution is 2.45. The van der Waals surface area contributed by atoms with Crippen molar-refractivity contribution in [2.45, 2.75) is 16.7 Å². The van der Waals surface area contributed by atoms with Crippen molar-refractivity contribution < 1.29 is 4.79 Å². The maximum Gasteiger partial charge on any atom is 0.235 e. The lowest BCUT2D eigenvalue weighted by atomic mass is 9.94. The Bertz CT molecular complexity index is 1080. The fraction of sp³-hybridized carbons (Fsp3) is 0.125. The fourth-order valence-electron chi connectivity index (χ4n) is 3.93. The normalized spacial score (nSPS) is 19.7. The average Bonchev–Trinajstić information content (AvgIpc) is 3.04. The van der Waals surface area contributed by atoms with Gasteiger partial charge in [0, 0.05) is 23.2 Å². The maximum atomic E-state index is 13.1. The molecule has 5 rings (SSSR count).